The fourth-order valence-corrected chi connectivity index (χ4v) is 3.49. The van der Waals surface area contributed by atoms with Gasteiger partial charge in [-0.1, -0.05) is 20.8 Å². The Bertz CT molecular complexity index is 217. The second kappa shape index (κ2) is 1.70. The lowest BCUT2D eigenvalue weighted by Gasteiger charge is -2.54. The van der Waals surface area contributed by atoms with Crippen LogP contribution in [0.3, 0.4) is 0 Å². The van der Waals surface area contributed by atoms with E-state index in [4.69, 9.17) is 0 Å². The largest absolute Gasteiger partial charge is 0.299 e. The van der Waals surface area contributed by atoms with Gasteiger partial charge in [-0.3, -0.25) is 4.79 Å². The summed E-state index contributed by atoms with van der Waals surface area (Å²) in [7, 11) is 0. The zero-order valence-electron chi connectivity index (χ0n) is 7.61. The Kier molecular flexibility index (Phi) is 1.13. The molecule has 2 atom stereocenters. The number of fused-ring (bicyclic) bond motifs is 1. The van der Waals surface area contributed by atoms with E-state index < -0.39 is 0 Å². The predicted octanol–water partition coefficient (Wildman–Crippen LogP) is 2.40. The van der Waals surface area contributed by atoms with Crippen LogP contribution in [-0.2, 0) is 4.79 Å². The molecule has 0 N–H and O–H groups in total. The van der Waals surface area contributed by atoms with Gasteiger partial charge in [-0.05, 0) is 24.2 Å². The molecule has 0 amide bonds. The molecule has 1 nitrogen and oxygen atoms in total. The number of ketones is 1. The van der Waals surface area contributed by atoms with Crippen LogP contribution in [0.5, 0.6) is 0 Å². The van der Waals surface area contributed by atoms with Crippen molar-refractivity contribution in [2.24, 2.45) is 16.7 Å². The molecule has 0 bridgehead atoms. The van der Waals surface area contributed by atoms with Crippen LogP contribution in [0.1, 0.15) is 40.0 Å². The summed E-state index contributed by atoms with van der Waals surface area (Å²) in [6.07, 6.45) is 3.09. The van der Waals surface area contributed by atoms with Crippen LogP contribution in [0.25, 0.3) is 0 Å². The highest BCUT2D eigenvalue weighted by molar-refractivity contribution is 5.88. The minimum Gasteiger partial charge on any atom is -0.299 e. The lowest BCUT2D eigenvalue weighted by molar-refractivity contribution is -0.142. The van der Waals surface area contributed by atoms with Gasteiger partial charge in [0.25, 0.3) is 0 Å². The predicted molar refractivity (Wildman–Crippen MR) is 44.2 cm³/mol. The highest BCUT2D eigenvalue weighted by Crippen LogP contribution is 2.64. The van der Waals surface area contributed by atoms with Crippen LogP contribution < -0.4 is 0 Å². The average molecular weight is 152 g/mol. The summed E-state index contributed by atoms with van der Waals surface area (Å²) < 4.78 is 0. The molecule has 62 valence electrons. The molecule has 0 aromatic heterocycles. The molecule has 2 rings (SSSR count). The summed E-state index contributed by atoms with van der Waals surface area (Å²) >= 11 is 0. The Morgan fingerprint density at radius 3 is 2.36 bits per heavy atom. The van der Waals surface area contributed by atoms with Gasteiger partial charge in [0.2, 0.25) is 0 Å². The van der Waals surface area contributed by atoms with Gasteiger partial charge in [-0.25, -0.2) is 0 Å². The standard InChI is InChI=1S/C10H16O/c1-9(2)6-10(3)7(9)4-5-8(10)11/h7H,4-6H2,1-3H3. The molecular weight excluding hydrogens is 136 g/mol. The van der Waals surface area contributed by atoms with Crippen LogP contribution in [0.2, 0.25) is 0 Å². The van der Waals surface area contributed by atoms with Crippen molar-refractivity contribution in [3.63, 3.8) is 0 Å². The van der Waals surface area contributed by atoms with E-state index in [1.54, 1.807) is 0 Å². The smallest absolute Gasteiger partial charge is 0.139 e. The average Bonchev–Trinajstić information content (AvgIpc) is 2.06. The molecule has 1 heteroatoms. The third-order valence-corrected chi connectivity index (χ3v) is 3.83. The Morgan fingerprint density at radius 1 is 1.36 bits per heavy atom. The first-order valence-corrected chi connectivity index (χ1v) is 4.50. The van der Waals surface area contributed by atoms with Crippen molar-refractivity contribution in [3.8, 4) is 0 Å². The van der Waals surface area contributed by atoms with Crippen molar-refractivity contribution in [3.05, 3.63) is 0 Å². The van der Waals surface area contributed by atoms with E-state index in [9.17, 15) is 4.79 Å². The summed E-state index contributed by atoms with van der Waals surface area (Å²) in [5.41, 5.74) is 0.532. The Hall–Kier alpha value is -0.330. The van der Waals surface area contributed by atoms with Crippen LogP contribution >= 0.6 is 0 Å². The zero-order chi connectivity index (χ0) is 8.28. The molecule has 2 aliphatic carbocycles. The number of Topliss-reactive ketones (excluding diaryl/α,β-unsaturated/α-hetero) is 1. The normalized spacial score (nSPS) is 46.8. The van der Waals surface area contributed by atoms with Crippen molar-refractivity contribution in [2.75, 3.05) is 0 Å². The topological polar surface area (TPSA) is 17.1 Å². The van der Waals surface area contributed by atoms with Gasteiger partial charge in [0.05, 0.1) is 0 Å². The Labute approximate surface area is 68.2 Å². The Balaban J connectivity index is 2.28. The van der Waals surface area contributed by atoms with Crippen LogP contribution in [-0.4, -0.2) is 5.78 Å². The van der Waals surface area contributed by atoms with E-state index in [0.29, 0.717) is 17.1 Å². The second-order valence-corrected chi connectivity index (χ2v) is 5.10. The van der Waals surface area contributed by atoms with Crippen molar-refractivity contribution < 1.29 is 4.79 Å². The summed E-state index contributed by atoms with van der Waals surface area (Å²) in [5.74, 6) is 1.20. The van der Waals surface area contributed by atoms with Crippen molar-refractivity contribution in [2.45, 2.75) is 40.0 Å². The molecule has 0 saturated heterocycles. The lowest BCUT2D eigenvalue weighted by Crippen LogP contribution is -2.51. The van der Waals surface area contributed by atoms with E-state index >= 15 is 0 Å². The number of hydrogen-bond donors (Lipinski definition) is 0. The molecule has 0 aromatic rings. The number of carbonyl (C=O) groups is 1. The zero-order valence-corrected chi connectivity index (χ0v) is 7.61. The van der Waals surface area contributed by atoms with E-state index in [1.165, 1.54) is 0 Å². The molecule has 0 aromatic carbocycles. The summed E-state index contributed by atoms with van der Waals surface area (Å²) in [6, 6.07) is 0. The highest BCUT2D eigenvalue weighted by atomic mass is 16.1. The SMILES string of the molecule is CC1(C)CC2(C)C(=O)CCC12. The molecule has 0 heterocycles. The second-order valence-electron chi connectivity index (χ2n) is 5.10. The van der Waals surface area contributed by atoms with Crippen LogP contribution in [0.4, 0.5) is 0 Å². The number of rotatable bonds is 0. The maximum atomic E-state index is 11.4. The van der Waals surface area contributed by atoms with E-state index in [1.807, 2.05) is 0 Å². The molecule has 0 spiro atoms. The van der Waals surface area contributed by atoms with Gasteiger partial charge in [0.15, 0.2) is 0 Å². The fourth-order valence-electron chi connectivity index (χ4n) is 3.49. The van der Waals surface area contributed by atoms with E-state index in [0.717, 1.165) is 19.3 Å². The molecular formula is C10H16O. The van der Waals surface area contributed by atoms with Gasteiger partial charge in [0, 0.05) is 11.8 Å². The maximum Gasteiger partial charge on any atom is 0.139 e. The number of carbonyl (C=O) groups excluding carboxylic acids is 1. The molecule has 0 aliphatic heterocycles. The lowest BCUT2D eigenvalue weighted by atomic mass is 9.49. The van der Waals surface area contributed by atoms with Gasteiger partial charge in [0.1, 0.15) is 5.78 Å². The third-order valence-electron chi connectivity index (χ3n) is 3.83. The minimum atomic E-state index is 0.0868. The fraction of sp³-hybridized carbons (Fsp3) is 0.900. The molecule has 2 aliphatic rings. The molecule has 2 unspecified atom stereocenters. The molecule has 2 fully saturated rings. The molecule has 2 saturated carbocycles. The van der Waals surface area contributed by atoms with Crippen molar-refractivity contribution in [1.29, 1.82) is 0 Å². The summed E-state index contributed by atoms with van der Waals surface area (Å²) in [6.45, 7) is 6.73. The number of hydrogen-bond acceptors (Lipinski definition) is 1. The third kappa shape index (κ3) is 0.692. The quantitative estimate of drug-likeness (QED) is 0.521. The Morgan fingerprint density at radius 2 is 2.00 bits per heavy atom. The van der Waals surface area contributed by atoms with Gasteiger partial charge in [-0.15, -0.1) is 0 Å². The first-order valence-electron chi connectivity index (χ1n) is 4.50. The summed E-state index contributed by atoms with van der Waals surface area (Å²) in [5, 5.41) is 0. The first-order chi connectivity index (χ1) is 4.97. The first kappa shape index (κ1) is 7.33. The van der Waals surface area contributed by atoms with Crippen molar-refractivity contribution >= 4 is 5.78 Å². The minimum absolute atomic E-state index is 0.0868. The monoisotopic (exact) mass is 152 g/mol. The summed E-state index contributed by atoms with van der Waals surface area (Å²) in [4.78, 5) is 11.4. The van der Waals surface area contributed by atoms with Gasteiger partial charge < -0.3 is 0 Å². The molecule has 0 radical (unpaired) electrons. The van der Waals surface area contributed by atoms with Crippen molar-refractivity contribution in [1.82, 2.24) is 0 Å². The molecule has 11 heavy (non-hydrogen) atoms. The van der Waals surface area contributed by atoms with Gasteiger partial charge >= 0.3 is 0 Å². The van der Waals surface area contributed by atoms with Crippen LogP contribution in [0, 0.1) is 16.7 Å². The maximum absolute atomic E-state index is 11.4. The highest BCUT2D eigenvalue weighted by Gasteiger charge is 2.61. The van der Waals surface area contributed by atoms with E-state index in [2.05, 4.69) is 20.8 Å². The van der Waals surface area contributed by atoms with Crippen LogP contribution in [0.15, 0.2) is 0 Å². The van der Waals surface area contributed by atoms with Gasteiger partial charge in [-0.2, -0.15) is 0 Å². The van der Waals surface area contributed by atoms with E-state index in [-0.39, 0.29) is 5.41 Å².